The van der Waals surface area contributed by atoms with Crippen LogP contribution in [0, 0.1) is 6.92 Å². The van der Waals surface area contributed by atoms with Crippen molar-refractivity contribution in [1.82, 2.24) is 0 Å². The van der Waals surface area contributed by atoms with Gasteiger partial charge in [0.25, 0.3) is 0 Å². The topological polar surface area (TPSA) is 60.2 Å². The number of hydrogen-bond acceptors (Lipinski definition) is 2. The minimum absolute atomic E-state index is 0.218. The van der Waals surface area contributed by atoms with Gasteiger partial charge in [0.1, 0.15) is 0 Å². The molecule has 0 fully saturated rings. The maximum Gasteiger partial charge on any atom is 0.225 e. The third kappa shape index (κ3) is 6.17. The Balaban J connectivity index is 0.000000218. The van der Waals surface area contributed by atoms with Crippen molar-refractivity contribution in [2.45, 2.75) is 13.3 Å². The first-order valence-corrected chi connectivity index (χ1v) is 5.98. The van der Waals surface area contributed by atoms with Gasteiger partial charge in [0.05, 0.1) is 6.42 Å². The summed E-state index contributed by atoms with van der Waals surface area (Å²) < 4.78 is 0. The van der Waals surface area contributed by atoms with Crippen molar-refractivity contribution in [2.24, 2.45) is 5.73 Å². The molecule has 0 bridgehead atoms. The highest BCUT2D eigenvalue weighted by atomic mass is 16.2. The van der Waals surface area contributed by atoms with Gasteiger partial charge in [0, 0.05) is 5.56 Å². The molecule has 0 saturated carbocycles. The number of hydrogen-bond donors (Lipinski definition) is 1. The Morgan fingerprint density at radius 3 is 1.74 bits per heavy atom. The summed E-state index contributed by atoms with van der Waals surface area (Å²) in [5.41, 5.74) is 6.72. The van der Waals surface area contributed by atoms with Gasteiger partial charge in [-0.15, -0.1) is 0 Å². The van der Waals surface area contributed by atoms with E-state index in [0.717, 1.165) is 0 Å². The van der Waals surface area contributed by atoms with E-state index < -0.39 is 5.91 Å². The molecule has 2 aromatic rings. The van der Waals surface area contributed by atoms with E-state index in [2.05, 4.69) is 19.1 Å². The van der Waals surface area contributed by atoms with Gasteiger partial charge < -0.3 is 5.73 Å². The van der Waals surface area contributed by atoms with Gasteiger partial charge in [0.2, 0.25) is 5.91 Å². The Bertz CT molecular complexity index is 521. The van der Waals surface area contributed by atoms with E-state index in [4.69, 9.17) is 5.73 Å². The molecular formula is C16H17NO2. The van der Waals surface area contributed by atoms with E-state index in [-0.39, 0.29) is 12.2 Å². The summed E-state index contributed by atoms with van der Waals surface area (Å²) in [6.45, 7) is 2.08. The first-order chi connectivity index (χ1) is 9.09. The van der Waals surface area contributed by atoms with Gasteiger partial charge in [-0.25, -0.2) is 0 Å². The third-order valence-corrected chi connectivity index (χ3v) is 2.37. The van der Waals surface area contributed by atoms with Crippen molar-refractivity contribution in [1.29, 1.82) is 0 Å². The van der Waals surface area contributed by atoms with Crippen LogP contribution in [0.1, 0.15) is 22.3 Å². The number of aryl methyl sites for hydroxylation is 1. The molecule has 2 aromatic carbocycles. The van der Waals surface area contributed by atoms with Crippen molar-refractivity contribution in [3.05, 3.63) is 71.8 Å². The molecule has 2 rings (SSSR count). The molecule has 1 amide bonds. The molecule has 0 saturated heterocycles. The molecule has 98 valence electrons. The van der Waals surface area contributed by atoms with Crippen LogP contribution in [-0.4, -0.2) is 11.7 Å². The quantitative estimate of drug-likeness (QED) is 0.677. The molecule has 3 heteroatoms. The normalized spacial score (nSPS) is 9.11. The van der Waals surface area contributed by atoms with Gasteiger partial charge in [-0.3, -0.25) is 9.59 Å². The first kappa shape index (κ1) is 14.6. The highest BCUT2D eigenvalue weighted by Crippen LogP contribution is 2.01. The lowest BCUT2D eigenvalue weighted by Crippen LogP contribution is -2.16. The van der Waals surface area contributed by atoms with Crippen LogP contribution in [0.5, 0.6) is 0 Å². The predicted molar refractivity (Wildman–Crippen MR) is 75.8 cm³/mol. The SMILES string of the molecule is Cc1ccccc1.NC(=O)CC(=O)c1ccccc1. The Labute approximate surface area is 113 Å². The molecule has 0 heterocycles. The zero-order valence-electron chi connectivity index (χ0n) is 10.9. The maximum atomic E-state index is 11.2. The summed E-state index contributed by atoms with van der Waals surface area (Å²) in [7, 11) is 0. The number of amides is 1. The lowest BCUT2D eigenvalue weighted by molar-refractivity contribution is -0.117. The minimum atomic E-state index is -0.594. The average molecular weight is 255 g/mol. The average Bonchev–Trinajstić information content (AvgIpc) is 2.40. The fourth-order valence-electron chi connectivity index (χ4n) is 1.42. The van der Waals surface area contributed by atoms with Crippen LogP contribution in [0.3, 0.4) is 0 Å². The van der Waals surface area contributed by atoms with Crippen LogP contribution in [0.4, 0.5) is 0 Å². The standard InChI is InChI=1S/C9H9NO2.C7H8/c10-9(12)6-8(11)7-4-2-1-3-5-7;1-7-5-3-2-4-6-7/h1-5H,6H2,(H2,10,12);2-6H,1H3. The van der Waals surface area contributed by atoms with Gasteiger partial charge >= 0.3 is 0 Å². The van der Waals surface area contributed by atoms with Crippen LogP contribution < -0.4 is 5.73 Å². The van der Waals surface area contributed by atoms with E-state index in [1.807, 2.05) is 18.2 Å². The number of Topliss-reactive ketones (excluding diaryl/α,β-unsaturated/α-hetero) is 1. The molecule has 0 spiro atoms. The third-order valence-electron chi connectivity index (χ3n) is 2.37. The van der Waals surface area contributed by atoms with E-state index in [0.29, 0.717) is 5.56 Å². The number of primary amides is 1. The van der Waals surface area contributed by atoms with E-state index in [1.54, 1.807) is 30.3 Å². The van der Waals surface area contributed by atoms with Gasteiger partial charge in [0.15, 0.2) is 5.78 Å². The molecule has 0 aliphatic heterocycles. The lowest BCUT2D eigenvalue weighted by Gasteiger charge is -1.95. The Morgan fingerprint density at radius 2 is 1.37 bits per heavy atom. The lowest BCUT2D eigenvalue weighted by atomic mass is 10.1. The van der Waals surface area contributed by atoms with E-state index in [1.165, 1.54) is 5.56 Å². The van der Waals surface area contributed by atoms with Crippen molar-refractivity contribution in [3.8, 4) is 0 Å². The van der Waals surface area contributed by atoms with Crippen LogP contribution in [-0.2, 0) is 4.79 Å². The second kappa shape index (κ2) is 7.82. The molecule has 0 aliphatic carbocycles. The van der Waals surface area contributed by atoms with Crippen LogP contribution >= 0.6 is 0 Å². The largest absolute Gasteiger partial charge is 0.369 e. The van der Waals surface area contributed by atoms with Crippen molar-refractivity contribution in [3.63, 3.8) is 0 Å². The van der Waals surface area contributed by atoms with E-state index in [9.17, 15) is 9.59 Å². The maximum absolute atomic E-state index is 11.2. The van der Waals surface area contributed by atoms with Crippen molar-refractivity contribution in [2.75, 3.05) is 0 Å². The predicted octanol–water partition coefficient (Wildman–Crippen LogP) is 2.74. The second-order valence-electron chi connectivity index (χ2n) is 4.09. The Kier molecular flexibility index (Phi) is 6.03. The fraction of sp³-hybridized carbons (Fsp3) is 0.125. The number of nitrogens with two attached hydrogens (primary N) is 1. The Hall–Kier alpha value is -2.42. The number of carbonyl (C=O) groups is 2. The molecule has 3 nitrogen and oxygen atoms in total. The summed E-state index contributed by atoms with van der Waals surface area (Å²) >= 11 is 0. The summed E-state index contributed by atoms with van der Waals surface area (Å²) in [6, 6.07) is 18.9. The molecule has 0 aliphatic rings. The smallest absolute Gasteiger partial charge is 0.225 e. The van der Waals surface area contributed by atoms with Gasteiger partial charge in [-0.1, -0.05) is 66.2 Å². The Morgan fingerprint density at radius 1 is 0.895 bits per heavy atom. The molecule has 19 heavy (non-hydrogen) atoms. The molecule has 0 radical (unpaired) electrons. The summed E-state index contributed by atoms with van der Waals surface area (Å²) in [5, 5.41) is 0. The summed E-state index contributed by atoms with van der Waals surface area (Å²) in [5.74, 6) is -0.827. The number of benzene rings is 2. The fourth-order valence-corrected chi connectivity index (χ4v) is 1.42. The van der Waals surface area contributed by atoms with Crippen molar-refractivity contribution >= 4 is 11.7 Å². The van der Waals surface area contributed by atoms with Gasteiger partial charge in [-0.2, -0.15) is 0 Å². The van der Waals surface area contributed by atoms with E-state index >= 15 is 0 Å². The zero-order valence-corrected chi connectivity index (χ0v) is 10.9. The number of carbonyl (C=O) groups excluding carboxylic acids is 2. The first-order valence-electron chi connectivity index (χ1n) is 5.98. The van der Waals surface area contributed by atoms with Gasteiger partial charge in [-0.05, 0) is 6.92 Å². The second-order valence-corrected chi connectivity index (χ2v) is 4.09. The highest BCUT2D eigenvalue weighted by Gasteiger charge is 2.07. The molecule has 0 aromatic heterocycles. The van der Waals surface area contributed by atoms with Crippen LogP contribution in [0.2, 0.25) is 0 Å². The monoisotopic (exact) mass is 255 g/mol. The molecular weight excluding hydrogens is 238 g/mol. The highest BCUT2D eigenvalue weighted by molar-refractivity contribution is 6.06. The molecule has 0 atom stereocenters. The zero-order chi connectivity index (χ0) is 14.1. The van der Waals surface area contributed by atoms with Crippen LogP contribution in [0.25, 0.3) is 0 Å². The van der Waals surface area contributed by atoms with Crippen molar-refractivity contribution < 1.29 is 9.59 Å². The summed E-state index contributed by atoms with van der Waals surface area (Å²) in [6.07, 6.45) is -0.218. The number of ketones is 1. The summed E-state index contributed by atoms with van der Waals surface area (Å²) in [4.78, 5) is 21.5. The molecule has 0 unspecified atom stereocenters. The van der Waals surface area contributed by atoms with Crippen LogP contribution in [0.15, 0.2) is 60.7 Å². The minimum Gasteiger partial charge on any atom is -0.369 e. The number of rotatable bonds is 3. The molecule has 2 N–H and O–H groups in total.